The molecule has 3 atom stereocenters. The van der Waals surface area contributed by atoms with Crippen LogP contribution in [0, 0.1) is 17.8 Å². The molecule has 1 aromatic rings. The molecule has 0 aromatic heterocycles. The van der Waals surface area contributed by atoms with Gasteiger partial charge in [-0.1, -0.05) is 32.4 Å². The zero-order valence-corrected chi connectivity index (χ0v) is 15.5. The number of carbonyl (C=O) groups excluding carboxylic acids is 2. The molecule has 6 nitrogen and oxygen atoms in total. The maximum atomic E-state index is 12.4. The summed E-state index contributed by atoms with van der Waals surface area (Å²) in [5.74, 6) is -1.63. The van der Waals surface area contributed by atoms with E-state index in [1.165, 1.54) is 0 Å². The fraction of sp³-hybridized carbons (Fsp3) is 0.550. The number of hydrogen-bond donors (Lipinski definition) is 3. The molecule has 0 heterocycles. The molecule has 1 aliphatic carbocycles. The third-order valence-electron chi connectivity index (χ3n) is 5.12. The van der Waals surface area contributed by atoms with Gasteiger partial charge in [0.1, 0.15) is 0 Å². The largest absolute Gasteiger partial charge is 0.481 e. The Kier molecular flexibility index (Phi) is 7.18. The van der Waals surface area contributed by atoms with Gasteiger partial charge >= 0.3 is 5.97 Å². The summed E-state index contributed by atoms with van der Waals surface area (Å²) < 4.78 is 0. The van der Waals surface area contributed by atoms with E-state index < -0.39 is 11.9 Å². The van der Waals surface area contributed by atoms with E-state index in [0.717, 1.165) is 24.8 Å². The van der Waals surface area contributed by atoms with Crippen LogP contribution >= 0.6 is 0 Å². The summed E-state index contributed by atoms with van der Waals surface area (Å²) in [5.41, 5.74) is 1.61. The summed E-state index contributed by atoms with van der Waals surface area (Å²) in [6.45, 7) is 4.21. The van der Waals surface area contributed by atoms with Crippen molar-refractivity contribution in [2.45, 2.75) is 52.5 Å². The van der Waals surface area contributed by atoms with Gasteiger partial charge < -0.3 is 15.7 Å². The van der Waals surface area contributed by atoms with Crippen molar-refractivity contribution in [3.8, 4) is 0 Å². The lowest BCUT2D eigenvalue weighted by molar-refractivity contribution is -0.144. The molecule has 1 fully saturated rings. The Bertz CT molecular complexity index is 659. The monoisotopic (exact) mass is 360 g/mol. The lowest BCUT2D eigenvalue weighted by Crippen LogP contribution is -2.35. The van der Waals surface area contributed by atoms with E-state index in [1.807, 2.05) is 38.1 Å². The van der Waals surface area contributed by atoms with Crippen LogP contribution in [-0.2, 0) is 20.9 Å². The number of carboxylic acids is 1. The van der Waals surface area contributed by atoms with Crippen molar-refractivity contribution < 1.29 is 19.5 Å². The Labute approximate surface area is 154 Å². The van der Waals surface area contributed by atoms with E-state index in [1.54, 1.807) is 0 Å². The smallest absolute Gasteiger partial charge is 0.306 e. The number of carbonyl (C=O) groups is 3. The minimum Gasteiger partial charge on any atom is -0.481 e. The van der Waals surface area contributed by atoms with Gasteiger partial charge in [0.2, 0.25) is 11.8 Å². The van der Waals surface area contributed by atoms with Crippen LogP contribution in [0.5, 0.6) is 0 Å². The highest BCUT2D eigenvalue weighted by Gasteiger charge is 2.30. The van der Waals surface area contributed by atoms with E-state index in [9.17, 15) is 14.4 Å². The number of aliphatic carboxylic acids is 1. The van der Waals surface area contributed by atoms with Crippen molar-refractivity contribution in [1.29, 1.82) is 0 Å². The second-order valence-corrected chi connectivity index (χ2v) is 7.12. The molecule has 3 N–H and O–H groups in total. The fourth-order valence-corrected chi connectivity index (χ4v) is 3.20. The summed E-state index contributed by atoms with van der Waals surface area (Å²) in [6, 6.07) is 7.40. The lowest BCUT2D eigenvalue weighted by Gasteiger charge is -2.25. The summed E-state index contributed by atoms with van der Waals surface area (Å²) >= 11 is 0. The van der Waals surface area contributed by atoms with E-state index in [2.05, 4.69) is 10.6 Å². The molecule has 0 saturated heterocycles. The van der Waals surface area contributed by atoms with Crippen LogP contribution in [0.15, 0.2) is 24.3 Å². The lowest BCUT2D eigenvalue weighted by atomic mass is 9.81. The molecular weight excluding hydrogens is 332 g/mol. The standard InChI is InChI=1S/C20H28N2O4/c1-3-13(2)18(23)22-17-9-4-6-14(10-17)12-21-19(24)15-7-5-8-16(11-15)20(25)26/h4,6,9-10,13,15-16H,3,5,7-8,11-12H2,1-2H3,(H,21,24)(H,22,23)(H,25,26). The molecule has 2 rings (SSSR count). The number of benzene rings is 1. The average molecular weight is 360 g/mol. The predicted molar refractivity (Wildman–Crippen MR) is 99.5 cm³/mol. The Morgan fingerprint density at radius 3 is 2.65 bits per heavy atom. The highest BCUT2D eigenvalue weighted by Crippen LogP contribution is 2.29. The summed E-state index contributed by atoms with van der Waals surface area (Å²) in [5, 5.41) is 14.9. The maximum absolute atomic E-state index is 12.4. The first-order chi connectivity index (χ1) is 12.4. The van der Waals surface area contributed by atoms with Crippen LogP contribution in [0.3, 0.4) is 0 Å². The fourth-order valence-electron chi connectivity index (χ4n) is 3.20. The Morgan fingerprint density at radius 1 is 1.23 bits per heavy atom. The van der Waals surface area contributed by atoms with Crippen molar-refractivity contribution in [2.75, 3.05) is 5.32 Å². The highest BCUT2D eigenvalue weighted by molar-refractivity contribution is 5.92. The molecule has 1 saturated carbocycles. The molecule has 0 aliphatic heterocycles. The predicted octanol–water partition coefficient (Wildman–Crippen LogP) is 3.18. The van der Waals surface area contributed by atoms with Crippen LogP contribution in [0.25, 0.3) is 0 Å². The van der Waals surface area contributed by atoms with Crippen LogP contribution in [0.2, 0.25) is 0 Å². The third-order valence-corrected chi connectivity index (χ3v) is 5.12. The minimum atomic E-state index is -0.813. The first-order valence-electron chi connectivity index (χ1n) is 9.31. The quantitative estimate of drug-likeness (QED) is 0.696. The Morgan fingerprint density at radius 2 is 1.96 bits per heavy atom. The first kappa shape index (κ1) is 19.9. The van der Waals surface area contributed by atoms with E-state index >= 15 is 0 Å². The van der Waals surface area contributed by atoms with Crippen LogP contribution < -0.4 is 10.6 Å². The molecule has 0 spiro atoms. The normalized spacial score (nSPS) is 20.8. The zero-order valence-electron chi connectivity index (χ0n) is 15.5. The van der Waals surface area contributed by atoms with Crippen molar-refractivity contribution in [1.82, 2.24) is 5.32 Å². The van der Waals surface area contributed by atoms with Crippen LogP contribution in [0.4, 0.5) is 5.69 Å². The molecule has 1 aromatic carbocycles. The van der Waals surface area contributed by atoms with Crippen LogP contribution in [-0.4, -0.2) is 22.9 Å². The zero-order chi connectivity index (χ0) is 19.1. The van der Waals surface area contributed by atoms with Gasteiger partial charge in [0, 0.05) is 24.1 Å². The van der Waals surface area contributed by atoms with Gasteiger partial charge in [0.25, 0.3) is 0 Å². The molecule has 1 aliphatic rings. The van der Waals surface area contributed by atoms with Gasteiger partial charge in [-0.2, -0.15) is 0 Å². The summed E-state index contributed by atoms with van der Waals surface area (Å²) in [6.07, 6.45) is 3.34. The van der Waals surface area contributed by atoms with Crippen molar-refractivity contribution >= 4 is 23.5 Å². The Hall–Kier alpha value is -2.37. The van der Waals surface area contributed by atoms with Gasteiger partial charge in [0.05, 0.1) is 5.92 Å². The van der Waals surface area contributed by atoms with Gasteiger partial charge in [-0.3, -0.25) is 14.4 Å². The maximum Gasteiger partial charge on any atom is 0.306 e. The van der Waals surface area contributed by atoms with Crippen molar-refractivity contribution in [3.05, 3.63) is 29.8 Å². The molecule has 3 unspecified atom stereocenters. The third kappa shape index (κ3) is 5.58. The topological polar surface area (TPSA) is 95.5 Å². The molecule has 0 radical (unpaired) electrons. The van der Waals surface area contributed by atoms with Crippen molar-refractivity contribution in [3.63, 3.8) is 0 Å². The molecule has 26 heavy (non-hydrogen) atoms. The first-order valence-corrected chi connectivity index (χ1v) is 9.31. The van der Waals surface area contributed by atoms with Gasteiger partial charge in [-0.15, -0.1) is 0 Å². The number of amides is 2. The highest BCUT2D eigenvalue weighted by atomic mass is 16.4. The van der Waals surface area contributed by atoms with Crippen molar-refractivity contribution in [2.24, 2.45) is 17.8 Å². The van der Waals surface area contributed by atoms with E-state index in [0.29, 0.717) is 25.1 Å². The van der Waals surface area contributed by atoms with Gasteiger partial charge in [0.15, 0.2) is 0 Å². The number of nitrogens with one attached hydrogen (secondary N) is 2. The summed E-state index contributed by atoms with van der Waals surface area (Å²) in [7, 11) is 0. The second kappa shape index (κ2) is 9.36. The number of anilines is 1. The number of hydrogen-bond acceptors (Lipinski definition) is 3. The van der Waals surface area contributed by atoms with E-state index in [-0.39, 0.29) is 23.7 Å². The average Bonchev–Trinajstić information content (AvgIpc) is 2.65. The van der Waals surface area contributed by atoms with Gasteiger partial charge in [-0.25, -0.2) is 0 Å². The minimum absolute atomic E-state index is 0.0180. The van der Waals surface area contributed by atoms with Crippen LogP contribution in [0.1, 0.15) is 51.5 Å². The van der Waals surface area contributed by atoms with Gasteiger partial charge in [-0.05, 0) is 43.4 Å². The Balaban J connectivity index is 1.89. The summed E-state index contributed by atoms with van der Waals surface area (Å²) in [4.78, 5) is 35.5. The second-order valence-electron chi connectivity index (χ2n) is 7.12. The molecule has 0 bridgehead atoms. The number of rotatable bonds is 7. The molecule has 2 amide bonds. The number of carboxylic acid groups (broad SMARTS) is 1. The van der Waals surface area contributed by atoms with E-state index in [4.69, 9.17) is 5.11 Å². The molecular formula is C20H28N2O4. The molecule has 6 heteroatoms. The SMILES string of the molecule is CCC(C)C(=O)Nc1cccc(CNC(=O)C2CCCC(C(=O)O)C2)c1. The molecule has 142 valence electrons.